The Bertz CT molecular complexity index is 2630. The lowest BCUT2D eigenvalue weighted by Crippen LogP contribution is -2.50. The van der Waals surface area contributed by atoms with E-state index in [1.165, 1.54) is 4.90 Å². The van der Waals surface area contributed by atoms with Gasteiger partial charge in [0.2, 0.25) is 17.7 Å². The number of piperazine rings is 1. The lowest BCUT2D eigenvalue weighted by molar-refractivity contribution is -0.120. The number of urea groups is 1. The quantitative estimate of drug-likeness (QED) is 0.131. The first-order valence-corrected chi connectivity index (χ1v) is 22.4. The van der Waals surface area contributed by atoms with Gasteiger partial charge in [0.15, 0.2) is 17.4 Å². The lowest BCUT2D eigenvalue weighted by Gasteiger charge is -2.39. The van der Waals surface area contributed by atoms with Crippen molar-refractivity contribution in [1.29, 1.82) is 0 Å². The summed E-state index contributed by atoms with van der Waals surface area (Å²) < 4.78 is 43.6. The highest BCUT2D eigenvalue weighted by molar-refractivity contribution is 6.34. The van der Waals surface area contributed by atoms with Gasteiger partial charge < -0.3 is 20.2 Å². The maximum Gasteiger partial charge on any atom is 0.328 e. The largest absolute Gasteiger partial charge is 0.503 e. The highest BCUT2D eigenvalue weighted by Gasteiger charge is 2.31. The maximum atomic E-state index is 14.2. The van der Waals surface area contributed by atoms with Gasteiger partial charge in [0.25, 0.3) is 11.8 Å². The third-order valence-corrected chi connectivity index (χ3v) is 13.5. The van der Waals surface area contributed by atoms with E-state index in [0.29, 0.717) is 47.3 Å². The number of hydrogen-bond acceptors (Lipinski definition) is 10. The van der Waals surface area contributed by atoms with Crippen LogP contribution >= 0.6 is 11.6 Å². The van der Waals surface area contributed by atoms with E-state index in [0.717, 1.165) is 93.3 Å². The van der Waals surface area contributed by atoms with Crippen molar-refractivity contribution in [3.8, 4) is 16.9 Å². The molecule has 4 fully saturated rings. The number of benzene rings is 3. The predicted molar refractivity (Wildman–Crippen MR) is 236 cm³/mol. The van der Waals surface area contributed by atoms with Crippen LogP contribution in [0, 0.1) is 29.3 Å². The number of imide groups is 1. The van der Waals surface area contributed by atoms with Crippen LogP contribution in [0.1, 0.15) is 71.7 Å². The van der Waals surface area contributed by atoms with Crippen LogP contribution < -0.4 is 20.4 Å². The summed E-state index contributed by atoms with van der Waals surface area (Å²) in [4.78, 5) is 67.4. The molecule has 1 saturated carbocycles. The number of carbonyl (C=O) groups excluding carboxylic acids is 4. The van der Waals surface area contributed by atoms with Crippen molar-refractivity contribution in [2.24, 2.45) is 11.8 Å². The zero-order chi connectivity index (χ0) is 45.4. The number of nitrogens with one attached hydrogen (secondary N) is 2. The van der Waals surface area contributed by atoms with Gasteiger partial charge >= 0.3 is 6.03 Å². The Morgan fingerprint density at radius 3 is 2.29 bits per heavy atom. The number of amides is 5. The first-order chi connectivity index (χ1) is 31.4. The molecule has 3 N–H and O–H groups in total. The van der Waals surface area contributed by atoms with E-state index < -0.39 is 40.7 Å². The monoisotopic (exact) mass is 912 g/mol. The Balaban J connectivity index is 0.718. The Morgan fingerprint density at radius 1 is 0.831 bits per heavy atom. The fourth-order valence-corrected chi connectivity index (χ4v) is 9.59. The van der Waals surface area contributed by atoms with Crippen molar-refractivity contribution >= 4 is 57.9 Å². The Morgan fingerprint density at radius 2 is 1.57 bits per heavy atom. The fraction of sp³-hybridized carbons (Fsp3) is 0.413. The molecule has 0 atom stereocenters. The van der Waals surface area contributed by atoms with Crippen LogP contribution in [0.15, 0.2) is 61.1 Å². The molecule has 3 aliphatic heterocycles. The summed E-state index contributed by atoms with van der Waals surface area (Å²) in [5, 5.41) is 20.4. The van der Waals surface area contributed by atoms with E-state index in [4.69, 9.17) is 26.7 Å². The Labute approximate surface area is 377 Å². The van der Waals surface area contributed by atoms with Gasteiger partial charge in [-0.2, -0.15) is 9.49 Å². The van der Waals surface area contributed by atoms with E-state index in [1.54, 1.807) is 18.2 Å². The number of aromatic hydroxyl groups is 1. The molecule has 1 aliphatic carbocycles. The maximum absolute atomic E-state index is 14.2. The molecule has 5 heterocycles. The predicted octanol–water partition coefficient (Wildman–Crippen LogP) is 6.55. The van der Waals surface area contributed by atoms with Gasteiger partial charge in [-0.15, -0.1) is 0 Å². The summed E-state index contributed by atoms with van der Waals surface area (Å²) in [6.45, 7) is 6.07. The summed E-state index contributed by atoms with van der Waals surface area (Å²) in [6.07, 6.45) is 10.9. The number of nitrogens with zero attached hydrogens (tertiary/aromatic N) is 8. The molecular formula is C46H48ClF3N10O5. The molecule has 5 amide bonds. The highest BCUT2D eigenvalue weighted by atomic mass is 35.5. The van der Waals surface area contributed by atoms with Crippen LogP contribution in [-0.2, 0) is 4.79 Å². The van der Waals surface area contributed by atoms with Crippen LogP contribution in [0.5, 0.6) is 5.75 Å². The van der Waals surface area contributed by atoms with Gasteiger partial charge in [-0.3, -0.25) is 34.2 Å². The van der Waals surface area contributed by atoms with Crippen LogP contribution in [0.4, 0.5) is 29.6 Å². The topological polar surface area (TPSA) is 169 Å². The van der Waals surface area contributed by atoms with Crippen molar-refractivity contribution < 1.29 is 37.5 Å². The number of carbonyl (C=O) groups is 4. The number of anilines is 2. The van der Waals surface area contributed by atoms with Gasteiger partial charge in [0, 0.05) is 100 Å². The molecule has 0 spiro atoms. The third-order valence-electron chi connectivity index (χ3n) is 13.2. The number of piperidine rings is 1. The molecule has 19 heteroatoms. The van der Waals surface area contributed by atoms with Crippen LogP contribution in [0.2, 0.25) is 5.02 Å². The van der Waals surface area contributed by atoms with Crippen molar-refractivity contribution in [3.63, 3.8) is 0 Å². The fourth-order valence-electron chi connectivity index (χ4n) is 9.38. The summed E-state index contributed by atoms with van der Waals surface area (Å²) in [5.41, 5.74) is 2.79. The van der Waals surface area contributed by atoms with Crippen molar-refractivity contribution in [1.82, 2.24) is 40.2 Å². The molecule has 5 aromatic rings. The molecule has 4 aliphatic rings. The second kappa shape index (κ2) is 18.7. The second-order valence-corrected chi connectivity index (χ2v) is 17.8. The van der Waals surface area contributed by atoms with E-state index >= 15 is 0 Å². The van der Waals surface area contributed by atoms with E-state index in [9.17, 15) is 37.5 Å². The lowest BCUT2D eigenvalue weighted by atomic mass is 9.86. The molecule has 0 bridgehead atoms. The first-order valence-electron chi connectivity index (χ1n) is 22.0. The Hall–Kier alpha value is -6.27. The minimum absolute atomic E-state index is 0.0990. The Kier molecular flexibility index (Phi) is 12.6. The van der Waals surface area contributed by atoms with Crippen LogP contribution in [0.3, 0.4) is 0 Å². The van der Waals surface area contributed by atoms with Crippen molar-refractivity contribution in [2.45, 2.75) is 51.0 Å². The van der Waals surface area contributed by atoms with Crippen LogP contribution in [0.25, 0.3) is 22.0 Å². The van der Waals surface area contributed by atoms with Crippen molar-refractivity contribution in [3.05, 3.63) is 94.7 Å². The number of aromatic nitrogens is 4. The number of phenols is 1. The zero-order valence-electron chi connectivity index (χ0n) is 35.5. The molecule has 9 rings (SSSR count). The minimum Gasteiger partial charge on any atom is -0.503 e. The molecule has 3 saturated heterocycles. The molecule has 0 radical (unpaired) electrons. The molecule has 340 valence electrons. The van der Waals surface area contributed by atoms with E-state index in [2.05, 4.69) is 20.4 Å². The minimum atomic E-state index is -1.79. The summed E-state index contributed by atoms with van der Waals surface area (Å²) in [7, 11) is 0. The number of halogens is 4. The molecule has 3 aromatic carbocycles. The third kappa shape index (κ3) is 9.45. The number of hydrogen-bond donors (Lipinski definition) is 3. The second-order valence-electron chi connectivity index (χ2n) is 17.4. The standard InChI is InChI=1S/C46H48ClF3N10O5/c47-35-8-5-30(20-38(35)59-14-11-39(61)54-46(59)65)44(64)57-12-9-28(10-13-57)25-56-15-17-58(18-16-56)45-52-23-32(24-53-45)29-3-4-31-26-60(55-37(31)19-29)33-6-1-27(2-7-33)22-51-43(63)34-21-36(48)42(62)41(50)40(34)49/h3-5,8,19-21,23-24,26-28,33,62H,1-2,6-7,9-18,22,25H2,(H,51,63)(H,54,61,65)/t27-,33-. The molecule has 0 unspecified atom stereocenters. The first kappa shape index (κ1) is 44.0. The SMILES string of the molecule is O=C1CCN(c2cc(C(=O)N3CCC(CN4CCN(c5ncc(-c6ccc7cn([C@H]8CC[C@H](CNC(=O)c9cc(F)c(O)c(F)c9F)CC8)nc7c6)cn5)CC4)CC3)ccc2Cl)C(=O)N1. The summed E-state index contributed by atoms with van der Waals surface area (Å²) in [5.74, 6) is -6.33. The van der Waals surface area contributed by atoms with Gasteiger partial charge in [-0.1, -0.05) is 23.7 Å². The van der Waals surface area contributed by atoms with Gasteiger partial charge in [0.05, 0.1) is 27.8 Å². The molecule has 65 heavy (non-hydrogen) atoms. The number of rotatable bonds is 10. The molecule has 15 nitrogen and oxygen atoms in total. The van der Waals surface area contributed by atoms with Crippen LogP contribution in [-0.4, -0.2) is 117 Å². The smallest absolute Gasteiger partial charge is 0.328 e. The zero-order valence-corrected chi connectivity index (χ0v) is 36.2. The summed E-state index contributed by atoms with van der Waals surface area (Å²) in [6, 6.07) is 11.2. The van der Waals surface area contributed by atoms with E-state index in [1.807, 2.05) is 46.4 Å². The average molecular weight is 913 g/mol. The number of likely N-dealkylation sites (tertiary alicyclic amines) is 1. The number of fused-ring (bicyclic) bond motifs is 1. The van der Waals surface area contributed by atoms with Gasteiger partial charge in [0.1, 0.15) is 0 Å². The molecular weight excluding hydrogens is 865 g/mol. The van der Waals surface area contributed by atoms with E-state index in [-0.39, 0.29) is 43.3 Å². The number of phenolic OH excluding ortho intramolecular Hbond substituents is 1. The normalized spacial score (nSPS) is 20.0. The average Bonchev–Trinajstić information content (AvgIpc) is 3.76. The summed E-state index contributed by atoms with van der Waals surface area (Å²) >= 11 is 6.40. The van der Waals surface area contributed by atoms with Gasteiger partial charge in [-0.05, 0) is 86.3 Å². The molecule has 2 aromatic heterocycles. The highest BCUT2D eigenvalue weighted by Crippen LogP contribution is 2.34. The van der Waals surface area contributed by atoms with Gasteiger partial charge in [-0.25, -0.2) is 23.5 Å². The van der Waals surface area contributed by atoms with Crippen molar-refractivity contribution in [2.75, 3.05) is 68.7 Å².